The number of hydrogen-bond donors (Lipinski definition) is 0. The van der Waals surface area contributed by atoms with Gasteiger partial charge in [0.2, 0.25) is 0 Å². The summed E-state index contributed by atoms with van der Waals surface area (Å²) >= 11 is 5.31. The maximum absolute atomic E-state index is 5.34. The molecule has 4 aromatic heterocycles. The molecule has 33 heavy (non-hydrogen) atoms. The Labute approximate surface area is 204 Å². The van der Waals surface area contributed by atoms with Gasteiger partial charge in [0, 0.05) is 20.9 Å². The van der Waals surface area contributed by atoms with Crippen molar-refractivity contribution in [1.29, 1.82) is 0 Å². The molecule has 0 unspecified atom stereocenters. The van der Waals surface area contributed by atoms with Crippen LogP contribution in [-0.4, -0.2) is 9.97 Å². The number of aromatic nitrogens is 2. The van der Waals surface area contributed by atoms with Crippen molar-refractivity contribution < 1.29 is 0 Å². The summed E-state index contributed by atoms with van der Waals surface area (Å²) in [6, 6.07) is 25.7. The van der Waals surface area contributed by atoms with Gasteiger partial charge in [-0.15, -0.1) is 34.0 Å². The van der Waals surface area contributed by atoms with Crippen LogP contribution in [0.3, 0.4) is 0 Å². The van der Waals surface area contributed by atoms with Crippen LogP contribution in [0.1, 0.15) is 11.1 Å². The molecule has 0 amide bonds. The zero-order valence-corrected chi connectivity index (χ0v) is 20.7. The van der Waals surface area contributed by atoms with Gasteiger partial charge in [-0.25, -0.2) is 9.97 Å². The number of aryl methyl sites for hydroxylation is 2. The SMILES string of the molecule is Cc1cccc(-c2nc3c(-c4cccs4)sc(-c4cccs4)c3nc2-c2cccc(C)c2)c1. The molecule has 2 nitrogen and oxygen atoms in total. The van der Waals surface area contributed by atoms with Gasteiger partial charge in [-0.05, 0) is 48.9 Å². The van der Waals surface area contributed by atoms with Gasteiger partial charge in [-0.2, -0.15) is 0 Å². The molecular formula is C28H20N2S3. The van der Waals surface area contributed by atoms with Crippen molar-refractivity contribution in [2.24, 2.45) is 0 Å². The first-order valence-corrected chi connectivity index (χ1v) is 13.3. The van der Waals surface area contributed by atoms with Crippen molar-refractivity contribution >= 4 is 45.0 Å². The molecular weight excluding hydrogens is 461 g/mol. The molecule has 5 heteroatoms. The van der Waals surface area contributed by atoms with Gasteiger partial charge in [0.15, 0.2) is 0 Å². The van der Waals surface area contributed by atoms with E-state index in [9.17, 15) is 0 Å². The highest BCUT2D eigenvalue weighted by atomic mass is 32.1. The summed E-state index contributed by atoms with van der Waals surface area (Å²) in [7, 11) is 0. The van der Waals surface area contributed by atoms with E-state index in [1.807, 2.05) is 0 Å². The van der Waals surface area contributed by atoms with Gasteiger partial charge in [0.1, 0.15) is 11.0 Å². The first-order chi connectivity index (χ1) is 16.2. The molecule has 6 rings (SSSR count). The third kappa shape index (κ3) is 3.72. The second-order valence-electron chi connectivity index (χ2n) is 8.07. The maximum Gasteiger partial charge on any atom is 0.110 e. The smallest absolute Gasteiger partial charge is 0.110 e. The van der Waals surface area contributed by atoms with E-state index in [1.165, 1.54) is 30.6 Å². The first-order valence-electron chi connectivity index (χ1n) is 10.7. The highest BCUT2D eigenvalue weighted by Crippen LogP contribution is 2.46. The Kier molecular flexibility index (Phi) is 5.18. The third-order valence-corrected chi connectivity index (χ3v) is 8.87. The molecule has 0 bridgehead atoms. The molecule has 0 N–H and O–H groups in total. The fraction of sp³-hybridized carbons (Fsp3) is 0.0714. The van der Waals surface area contributed by atoms with E-state index in [0.29, 0.717) is 0 Å². The molecule has 0 fully saturated rings. The molecule has 0 aliphatic heterocycles. The predicted octanol–water partition coefficient (Wildman–Crippen LogP) is 9.10. The lowest BCUT2D eigenvalue weighted by Crippen LogP contribution is -1.96. The number of fused-ring (bicyclic) bond motifs is 1. The van der Waals surface area contributed by atoms with Gasteiger partial charge < -0.3 is 0 Å². The van der Waals surface area contributed by atoms with Crippen molar-refractivity contribution in [2.45, 2.75) is 13.8 Å². The van der Waals surface area contributed by atoms with Crippen LogP contribution in [0.25, 0.3) is 53.1 Å². The van der Waals surface area contributed by atoms with Crippen LogP contribution >= 0.6 is 34.0 Å². The zero-order chi connectivity index (χ0) is 22.4. The summed E-state index contributed by atoms with van der Waals surface area (Å²) in [5, 5.41) is 4.25. The average molecular weight is 481 g/mol. The standard InChI is InChI=1S/C28H20N2S3/c1-17-7-3-9-19(15-17)23-24(20-10-4-8-18(2)16-20)30-26-25(29-23)27(21-11-5-13-31-21)33-28(26)22-12-6-14-32-22/h3-16H,1-2H3. The van der Waals surface area contributed by atoms with E-state index in [1.54, 1.807) is 34.0 Å². The van der Waals surface area contributed by atoms with Crippen molar-refractivity contribution in [3.63, 3.8) is 0 Å². The summed E-state index contributed by atoms with van der Waals surface area (Å²) in [5.41, 5.74) is 8.47. The van der Waals surface area contributed by atoms with Gasteiger partial charge in [-0.1, -0.05) is 59.7 Å². The lowest BCUT2D eigenvalue weighted by molar-refractivity contribution is 1.29. The lowest BCUT2D eigenvalue weighted by atomic mass is 10.0. The van der Waals surface area contributed by atoms with Gasteiger partial charge in [-0.3, -0.25) is 0 Å². The molecule has 160 valence electrons. The minimum absolute atomic E-state index is 0.935. The topological polar surface area (TPSA) is 25.8 Å². The van der Waals surface area contributed by atoms with Crippen LogP contribution in [0.2, 0.25) is 0 Å². The van der Waals surface area contributed by atoms with Gasteiger partial charge in [0.25, 0.3) is 0 Å². The van der Waals surface area contributed by atoms with Crippen LogP contribution in [0, 0.1) is 13.8 Å². The molecule has 0 spiro atoms. The Morgan fingerprint density at radius 3 is 1.45 bits per heavy atom. The molecule has 0 aliphatic carbocycles. The Hall–Kier alpha value is -3.12. The Morgan fingerprint density at radius 1 is 0.576 bits per heavy atom. The van der Waals surface area contributed by atoms with Crippen LogP contribution < -0.4 is 0 Å². The van der Waals surface area contributed by atoms with Crippen LogP contribution in [0.4, 0.5) is 0 Å². The Bertz CT molecular complexity index is 1460. The molecule has 6 aromatic rings. The molecule has 0 saturated carbocycles. The quantitative estimate of drug-likeness (QED) is 0.251. The number of hydrogen-bond acceptors (Lipinski definition) is 5. The minimum atomic E-state index is 0.935. The monoisotopic (exact) mass is 480 g/mol. The Balaban J connectivity index is 1.72. The number of rotatable bonds is 4. The van der Waals surface area contributed by atoms with E-state index in [2.05, 4.69) is 97.4 Å². The summed E-state index contributed by atoms with van der Waals surface area (Å²) in [6.07, 6.45) is 0. The number of nitrogens with zero attached hydrogens (tertiary/aromatic N) is 2. The molecule has 0 radical (unpaired) electrons. The highest BCUT2D eigenvalue weighted by Gasteiger charge is 2.22. The number of thiophene rings is 3. The van der Waals surface area contributed by atoms with E-state index >= 15 is 0 Å². The largest absolute Gasteiger partial charge is 0.242 e. The molecule has 4 heterocycles. The van der Waals surface area contributed by atoms with Crippen molar-refractivity contribution in [1.82, 2.24) is 9.97 Å². The summed E-state index contributed by atoms with van der Waals surface area (Å²) in [5.74, 6) is 0. The number of benzene rings is 2. The van der Waals surface area contributed by atoms with Crippen molar-refractivity contribution in [3.8, 4) is 42.0 Å². The fourth-order valence-corrected chi connectivity index (χ4v) is 6.97. The third-order valence-electron chi connectivity index (χ3n) is 5.60. The predicted molar refractivity (Wildman–Crippen MR) is 144 cm³/mol. The van der Waals surface area contributed by atoms with Crippen LogP contribution in [0.5, 0.6) is 0 Å². The molecule has 0 saturated heterocycles. The minimum Gasteiger partial charge on any atom is -0.242 e. The van der Waals surface area contributed by atoms with E-state index in [-0.39, 0.29) is 0 Å². The van der Waals surface area contributed by atoms with Gasteiger partial charge in [0.05, 0.1) is 21.1 Å². The normalized spacial score (nSPS) is 11.3. The van der Waals surface area contributed by atoms with Crippen LogP contribution in [-0.2, 0) is 0 Å². The fourth-order valence-electron chi connectivity index (χ4n) is 4.09. The van der Waals surface area contributed by atoms with E-state index in [4.69, 9.17) is 9.97 Å². The zero-order valence-electron chi connectivity index (χ0n) is 18.2. The summed E-state index contributed by atoms with van der Waals surface area (Å²) in [6.45, 7) is 4.25. The average Bonchev–Trinajstić information content (AvgIpc) is 3.58. The summed E-state index contributed by atoms with van der Waals surface area (Å²) in [4.78, 5) is 15.5. The molecule has 0 atom stereocenters. The second-order valence-corrected chi connectivity index (χ2v) is 11.0. The van der Waals surface area contributed by atoms with E-state index in [0.717, 1.165) is 33.5 Å². The van der Waals surface area contributed by atoms with E-state index < -0.39 is 0 Å². The Morgan fingerprint density at radius 2 is 1.06 bits per heavy atom. The lowest BCUT2D eigenvalue weighted by Gasteiger charge is -2.11. The summed E-state index contributed by atoms with van der Waals surface area (Å²) < 4.78 is 0. The van der Waals surface area contributed by atoms with Crippen LogP contribution in [0.15, 0.2) is 83.6 Å². The van der Waals surface area contributed by atoms with Crippen molar-refractivity contribution in [3.05, 3.63) is 94.7 Å². The second kappa shape index (κ2) is 8.34. The highest BCUT2D eigenvalue weighted by molar-refractivity contribution is 7.27. The van der Waals surface area contributed by atoms with Gasteiger partial charge >= 0.3 is 0 Å². The maximum atomic E-state index is 5.34. The van der Waals surface area contributed by atoms with Crippen molar-refractivity contribution in [2.75, 3.05) is 0 Å². The first kappa shape index (κ1) is 20.5. The molecule has 0 aliphatic rings. The molecule has 2 aromatic carbocycles.